The Labute approximate surface area is 148 Å². The Bertz CT molecular complexity index is 809. The van der Waals surface area contributed by atoms with Gasteiger partial charge in [0.05, 0.1) is 11.8 Å². The van der Waals surface area contributed by atoms with Gasteiger partial charge in [-0.15, -0.1) is 0 Å². The number of nitrogens with zero attached hydrogens (tertiary/aromatic N) is 3. The summed E-state index contributed by atoms with van der Waals surface area (Å²) in [5.41, 5.74) is 3.22. The monoisotopic (exact) mass is 333 g/mol. The van der Waals surface area contributed by atoms with Crippen molar-refractivity contribution >= 4 is 5.71 Å². The molecule has 2 aliphatic heterocycles. The van der Waals surface area contributed by atoms with Gasteiger partial charge in [0.15, 0.2) is 5.72 Å². The van der Waals surface area contributed by atoms with Crippen molar-refractivity contribution in [3.8, 4) is 5.75 Å². The van der Waals surface area contributed by atoms with Crippen molar-refractivity contribution in [1.82, 2.24) is 9.99 Å². The number of hydrogen-bond donors (Lipinski definition) is 0. The molecule has 4 heteroatoms. The van der Waals surface area contributed by atoms with Crippen LogP contribution in [0.2, 0.25) is 0 Å². The third-order valence-electron chi connectivity index (χ3n) is 5.96. The summed E-state index contributed by atoms with van der Waals surface area (Å²) in [5, 5.41) is 7.35. The number of para-hydroxylation sites is 1. The van der Waals surface area contributed by atoms with E-state index in [1.54, 1.807) is 0 Å². The number of aromatic nitrogens is 1. The first kappa shape index (κ1) is 14.9. The largest absolute Gasteiger partial charge is 0.466 e. The molecule has 128 valence electrons. The molecular weight excluding hydrogens is 310 g/mol. The summed E-state index contributed by atoms with van der Waals surface area (Å²) in [7, 11) is 0. The van der Waals surface area contributed by atoms with Crippen molar-refractivity contribution in [3.63, 3.8) is 0 Å². The lowest BCUT2D eigenvalue weighted by Crippen LogP contribution is -2.55. The molecule has 1 aromatic heterocycles. The van der Waals surface area contributed by atoms with E-state index in [9.17, 15) is 0 Å². The van der Waals surface area contributed by atoms with E-state index in [0.29, 0.717) is 0 Å². The standard InChI is InChI=1S/C21H23N3O/c1-15-8-10-21(11-9-15)24-19(17-6-2-3-7-20(17)25-21)13-18(23-24)16-5-4-12-22-14-16/h2-7,12,14-15,19H,8-11,13H2,1H3. The number of benzene rings is 1. The second-order valence-corrected chi connectivity index (χ2v) is 7.62. The van der Waals surface area contributed by atoms with E-state index >= 15 is 0 Å². The fraction of sp³-hybridized carbons (Fsp3) is 0.429. The zero-order valence-corrected chi connectivity index (χ0v) is 14.6. The molecule has 0 radical (unpaired) electrons. The lowest BCUT2D eigenvalue weighted by Gasteiger charge is -2.50. The Hall–Kier alpha value is -2.36. The number of hydrogen-bond acceptors (Lipinski definition) is 4. The summed E-state index contributed by atoms with van der Waals surface area (Å²) in [4.78, 5) is 4.27. The minimum absolute atomic E-state index is 0.272. The average Bonchev–Trinajstić information content (AvgIpc) is 3.12. The summed E-state index contributed by atoms with van der Waals surface area (Å²) >= 11 is 0. The predicted molar refractivity (Wildman–Crippen MR) is 97.4 cm³/mol. The van der Waals surface area contributed by atoms with E-state index in [1.165, 1.54) is 18.4 Å². The lowest BCUT2D eigenvalue weighted by atomic mass is 9.82. The second kappa shape index (κ2) is 5.58. The zero-order valence-electron chi connectivity index (χ0n) is 14.6. The smallest absolute Gasteiger partial charge is 0.198 e. The van der Waals surface area contributed by atoms with Crippen LogP contribution in [0.25, 0.3) is 0 Å². The number of hydrazone groups is 1. The molecule has 0 bridgehead atoms. The van der Waals surface area contributed by atoms with Crippen molar-refractivity contribution in [1.29, 1.82) is 0 Å². The highest BCUT2D eigenvalue weighted by Crippen LogP contribution is 2.51. The molecule has 1 saturated carbocycles. The predicted octanol–water partition coefficient (Wildman–Crippen LogP) is 4.53. The van der Waals surface area contributed by atoms with Crippen LogP contribution in [0.5, 0.6) is 5.75 Å². The maximum Gasteiger partial charge on any atom is 0.198 e. The number of fused-ring (bicyclic) bond motifs is 4. The van der Waals surface area contributed by atoms with Gasteiger partial charge in [0.2, 0.25) is 0 Å². The van der Waals surface area contributed by atoms with Crippen LogP contribution in [0.15, 0.2) is 53.9 Å². The summed E-state index contributed by atoms with van der Waals surface area (Å²) in [5.74, 6) is 1.81. The van der Waals surface area contributed by atoms with Crippen LogP contribution in [0.3, 0.4) is 0 Å². The first-order chi connectivity index (χ1) is 12.3. The molecule has 1 unspecified atom stereocenters. The van der Waals surface area contributed by atoms with Crippen LogP contribution < -0.4 is 4.74 Å². The van der Waals surface area contributed by atoms with Crippen LogP contribution >= 0.6 is 0 Å². The number of pyridine rings is 1. The van der Waals surface area contributed by atoms with Crippen molar-refractivity contribution in [2.45, 2.75) is 50.8 Å². The molecule has 3 heterocycles. The molecule has 5 rings (SSSR count). The third kappa shape index (κ3) is 2.35. The molecule has 0 N–H and O–H groups in total. The van der Waals surface area contributed by atoms with Crippen LogP contribution in [0.1, 0.15) is 56.2 Å². The van der Waals surface area contributed by atoms with Gasteiger partial charge < -0.3 is 4.74 Å². The molecule has 0 amide bonds. The average molecular weight is 333 g/mol. The maximum atomic E-state index is 6.61. The minimum Gasteiger partial charge on any atom is -0.466 e. The summed E-state index contributed by atoms with van der Waals surface area (Å²) in [6, 6.07) is 12.8. The van der Waals surface area contributed by atoms with Crippen LogP contribution in [-0.2, 0) is 0 Å². The van der Waals surface area contributed by atoms with Crippen molar-refractivity contribution in [3.05, 3.63) is 59.9 Å². The van der Waals surface area contributed by atoms with E-state index in [0.717, 1.165) is 42.2 Å². The van der Waals surface area contributed by atoms with Crippen molar-refractivity contribution in [2.24, 2.45) is 11.0 Å². The fourth-order valence-electron chi connectivity index (χ4n) is 4.48. The Morgan fingerprint density at radius 2 is 1.96 bits per heavy atom. The lowest BCUT2D eigenvalue weighted by molar-refractivity contribution is -0.145. The van der Waals surface area contributed by atoms with E-state index in [1.807, 2.05) is 18.5 Å². The Balaban J connectivity index is 1.59. The van der Waals surface area contributed by atoms with Crippen molar-refractivity contribution in [2.75, 3.05) is 0 Å². The van der Waals surface area contributed by atoms with E-state index < -0.39 is 0 Å². The normalized spacial score (nSPS) is 30.4. The summed E-state index contributed by atoms with van der Waals surface area (Å²) in [6.45, 7) is 2.34. The Morgan fingerprint density at radius 3 is 2.76 bits per heavy atom. The van der Waals surface area contributed by atoms with Gasteiger partial charge in [-0.05, 0) is 30.9 Å². The van der Waals surface area contributed by atoms with Gasteiger partial charge in [-0.25, -0.2) is 5.01 Å². The number of rotatable bonds is 1. The zero-order chi connectivity index (χ0) is 16.9. The fourth-order valence-corrected chi connectivity index (χ4v) is 4.48. The third-order valence-corrected chi connectivity index (χ3v) is 5.96. The van der Waals surface area contributed by atoms with Crippen molar-refractivity contribution < 1.29 is 4.74 Å². The Morgan fingerprint density at radius 1 is 1.12 bits per heavy atom. The molecule has 1 atom stereocenters. The van der Waals surface area contributed by atoms with Gasteiger partial charge in [-0.3, -0.25) is 4.98 Å². The van der Waals surface area contributed by atoms with Crippen LogP contribution in [0, 0.1) is 5.92 Å². The van der Waals surface area contributed by atoms with Gasteiger partial charge in [0, 0.05) is 42.8 Å². The van der Waals surface area contributed by atoms with E-state index in [-0.39, 0.29) is 11.8 Å². The SMILES string of the molecule is CC1CCC2(CC1)Oc1ccccc1C1CC(c3cccnc3)=NN12. The van der Waals surface area contributed by atoms with Gasteiger partial charge in [0.25, 0.3) is 0 Å². The van der Waals surface area contributed by atoms with Crippen LogP contribution in [0.4, 0.5) is 0 Å². The first-order valence-electron chi connectivity index (χ1n) is 9.30. The molecule has 1 spiro atoms. The van der Waals surface area contributed by atoms with Crippen LogP contribution in [-0.4, -0.2) is 21.4 Å². The minimum atomic E-state index is -0.282. The molecule has 0 saturated heterocycles. The molecule has 4 nitrogen and oxygen atoms in total. The molecule has 1 aliphatic carbocycles. The summed E-state index contributed by atoms with van der Waals surface area (Å²) < 4.78 is 6.61. The molecule has 3 aliphatic rings. The summed E-state index contributed by atoms with van der Waals surface area (Å²) in [6.07, 6.45) is 9.13. The second-order valence-electron chi connectivity index (χ2n) is 7.62. The van der Waals surface area contributed by atoms with Gasteiger partial charge >= 0.3 is 0 Å². The van der Waals surface area contributed by atoms with Gasteiger partial charge in [-0.1, -0.05) is 31.2 Å². The maximum absolute atomic E-state index is 6.61. The molecule has 1 aromatic carbocycles. The quantitative estimate of drug-likeness (QED) is 0.769. The molecule has 2 aromatic rings. The molecule has 25 heavy (non-hydrogen) atoms. The molecular formula is C21H23N3O. The van der Waals surface area contributed by atoms with Gasteiger partial charge in [0.1, 0.15) is 5.75 Å². The number of ether oxygens (including phenoxy) is 1. The Kier molecular flexibility index (Phi) is 3.34. The van der Waals surface area contributed by atoms with Gasteiger partial charge in [-0.2, -0.15) is 5.10 Å². The first-order valence-corrected chi connectivity index (χ1v) is 9.30. The van der Waals surface area contributed by atoms with E-state index in [2.05, 4.69) is 47.2 Å². The highest BCUT2D eigenvalue weighted by molar-refractivity contribution is 6.01. The highest BCUT2D eigenvalue weighted by atomic mass is 16.5. The topological polar surface area (TPSA) is 37.7 Å². The molecule has 1 fully saturated rings. The van der Waals surface area contributed by atoms with E-state index in [4.69, 9.17) is 9.84 Å². The highest BCUT2D eigenvalue weighted by Gasteiger charge is 2.51.